The van der Waals surface area contributed by atoms with E-state index in [1.165, 1.54) is 27.4 Å². The summed E-state index contributed by atoms with van der Waals surface area (Å²) in [7, 11) is -3.51. The molecule has 1 aromatic carbocycles. The van der Waals surface area contributed by atoms with Gasteiger partial charge >= 0.3 is 0 Å². The Hall–Kier alpha value is -1.17. The molecule has 0 unspecified atom stereocenters. The molecule has 0 aliphatic carbocycles. The molecule has 0 spiro atoms. The van der Waals surface area contributed by atoms with Gasteiger partial charge in [-0.1, -0.05) is 58.4 Å². The molecule has 1 amide bonds. The van der Waals surface area contributed by atoms with Gasteiger partial charge in [-0.15, -0.1) is 16.8 Å². The number of rotatable bonds is 8. The number of benzene rings is 1. The van der Waals surface area contributed by atoms with Crippen molar-refractivity contribution in [3.05, 3.63) is 46.5 Å². The van der Waals surface area contributed by atoms with Crippen LogP contribution in [-0.4, -0.2) is 47.7 Å². The topological polar surface area (TPSA) is 92.3 Å². The lowest BCUT2D eigenvalue weighted by molar-refractivity contribution is -0.120. The molecular formula is C18H20Cl2N4O3S3. The lowest BCUT2D eigenvalue weighted by Gasteiger charge is -2.30. The van der Waals surface area contributed by atoms with Gasteiger partial charge in [-0.05, 0) is 30.5 Å². The van der Waals surface area contributed by atoms with E-state index in [1.807, 2.05) is 0 Å². The molecular weight excluding hydrogens is 487 g/mol. The number of anilines is 1. The number of nitrogens with zero attached hydrogens (tertiary/aromatic N) is 3. The molecule has 1 fully saturated rings. The number of sulfonamides is 1. The molecule has 0 radical (unpaired) electrons. The first-order chi connectivity index (χ1) is 14.3. The van der Waals surface area contributed by atoms with Crippen molar-refractivity contribution in [3.8, 4) is 0 Å². The molecule has 30 heavy (non-hydrogen) atoms. The Labute approximate surface area is 193 Å². The quantitative estimate of drug-likeness (QED) is 0.325. The van der Waals surface area contributed by atoms with E-state index in [-0.39, 0.29) is 30.7 Å². The highest BCUT2D eigenvalue weighted by molar-refractivity contribution is 8.01. The maximum absolute atomic E-state index is 12.7. The summed E-state index contributed by atoms with van der Waals surface area (Å²) in [6.07, 6.45) is 2.67. The lowest BCUT2D eigenvalue weighted by Crippen LogP contribution is -2.41. The first-order valence-corrected chi connectivity index (χ1v) is 13.2. The third kappa shape index (κ3) is 6.18. The summed E-state index contributed by atoms with van der Waals surface area (Å²) in [6.45, 7) is 4.23. The minimum atomic E-state index is -3.51. The van der Waals surface area contributed by atoms with E-state index in [9.17, 15) is 13.2 Å². The number of carbonyl (C=O) groups excluding carboxylic acids is 1. The van der Waals surface area contributed by atoms with Crippen molar-refractivity contribution in [2.24, 2.45) is 5.92 Å². The lowest BCUT2D eigenvalue weighted by atomic mass is 9.97. The number of aromatic nitrogens is 2. The van der Waals surface area contributed by atoms with Gasteiger partial charge in [0.2, 0.25) is 21.1 Å². The van der Waals surface area contributed by atoms with Crippen LogP contribution in [0.2, 0.25) is 10.0 Å². The number of carbonyl (C=O) groups is 1. The molecule has 1 aliphatic rings. The van der Waals surface area contributed by atoms with E-state index >= 15 is 0 Å². The van der Waals surface area contributed by atoms with Gasteiger partial charge in [0.05, 0.1) is 15.8 Å². The molecule has 0 atom stereocenters. The molecule has 1 saturated heterocycles. The predicted octanol–water partition coefficient (Wildman–Crippen LogP) is 4.30. The van der Waals surface area contributed by atoms with E-state index in [0.717, 1.165) is 10.1 Å². The third-order valence-electron chi connectivity index (χ3n) is 4.51. The summed E-state index contributed by atoms with van der Waals surface area (Å²) in [5, 5.41) is 11.9. The largest absolute Gasteiger partial charge is 0.300 e. The van der Waals surface area contributed by atoms with Gasteiger partial charge in [0.15, 0.2) is 4.34 Å². The van der Waals surface area contributed by atoms with E-state index in [2.05, 4.69) is 22.1 Å². The Morgan fingerprint density at radius 3 is 2.70 bits per heavy atom. The normalized spacial score (nSPS) is 15.8. The third-order valence-corrected chi connectivity index (χ3v) is 9.07. The van der Waals surface area contributed by atoms with Gasteiger partial charge in [0.25, 0.3) is 0 Å². The molecule has 2 aromatic rings. The monoisotopic (exact) mass is 506 g/mol. The van der Waals surface area contributed by atoms with E-state index in [4.69, 9.17) is 23.2 Å². The van der Waals surface area contributed by atoms with Gasteiger partial charge in [0.1, 0.15) is 0 Å². The summed E-state index contributed by atoms with van der Waals surface area (Å²) < 4.78 is 27.6. The molecule has 3 rings (SSSR count). The van der Waals surface area contributed by atoms with Crippen molar-refractivity contribution in [1.82, 2.24) is 14.5 Å². The van der Waals surface area contributed by atoms with Crippen molar-refractivity contribution < 1.29 is 13.2 Å². The zero-order valence-corrected chi connectivity index (χ0v) is 19.8. The average molecular weight is 507 g/mol. The van der Waals surface area contributed by atoms with Gasteiger partial charge < -0.3 is 5.32 Å². The molecule has 0 saturated carbocycles. The maximum Gasteiger partial charge on any atom is 0.229 e. The molecule has 2 heterocycles. The van der Waals surface area contributed by atoms with Crippen LogP contribution in [0.15, 0.2) is 35.2 Å². The van der Waals surface area contributed by atoms with E-state index in [1.54, 1.807) is 24.3 Å². The fraction of sp³-hybridized carbons (Fsp3) is 0.389. The van der Waals surface area contributed by atoms with Gasteiger partial charge in [-0.2, -0.15) is 0 Å². The molecule has 1 aromatic heterocycles. The highest BCUT2D eigenvalue weighted by atomic mass is 35.5. The van der Waals surface area contributed by atoms with Gasteiger partial charge in [-0.3, -0.25) is 4.79 Å². The van der Waals surface area contributed by atoms with E-state index < -0.39 is 10.0 Å². The van der Waals surface area contributed by atoms with Gasteiger partial charge in [0, 0.05) is 24.8 Å². The average Bonchev–Trinajstić information content (AvgIpc) is 3.16. The second kappa shape index (κ2) is 10.4. The van der Waals surface area contributed by atoms with Crippen LogP contribution in [0.4, 0.5) is 5.13 Å². The van der Waals surface area contributed by atoms with Crippen molar-refractivity contribution in [1.29, 1.82) is 0 Å². The predicted molar refractivity (Wildman–Crippen MR) is 123 cm³/mol. The SMILES string of the molecule is C=CCSc1nnc(NC(=O)C2CCN(S(=O)(=O)Cc3ccc(Cl)c(Cl)c3)CC2)s1. The number of hydrogen-bond donors (Lipinski definition) is 1. The van der Waals surface area contributed by atoms with Crippen LogP contribution < -0.4 is 5.32 Å². The van der Waals surface area contributed by atoms with Crippen LogP contribution in [-0.2, 0) is 20.6 Å². The van der Waals surface area contributed by atoms with Gasteiger partial charge in [-0.25, -0.2) is 12.7 Å². The summed E-state index contributed by atoms with van der Waals surface area (Å²) >= 11 is 14.7. The van der Waals surface area contributed by atoms with Crippen molar-refractivity contribution in [2.75, 3.05) is 24.2 Å². The Kier molecular flexibility index (Phi) is 8.17. The Morgan fingerprint density at radius 1 is 1.30 bits per heavy atom. The Morgan fingerprint density at radius 2 is 2.03 bits per heavy atom. The highest BCUT2D eigenvalue weighted by Crippen LogP contribution is 2.28. The van der Waals surface area contributed by atoms with Crippen LogP contribution >= 0.6 is 46.3 Å². The van der Waals surface area contributed by atoms with Crippen molar-refractivity contribution in [2.45, 2.75) is 22.9 Å². The molecule has 12 heteroatoms. The molecule has 0 bridgehead atoms. The standard InChI is InChI=1S/C18H20Cl2N4O3S3/c1-2-9-28-18-23-22-17(29-18)21-16(25)13-5-7-24(8-6-13)30(26,27)11-12-3-4-14(19)15(20)10-12/h2-4,10,13H,1,5-9,11H2,(H,21,22,25). The molecule has 162 valence electrons. The minimum absolute atomic E-state index is 0.156. The fourth-order valence-electron chi connectivity index (χ4n) is 2.98. The van der Waals surface area contributed by atoms with Crippen molar-refractivity contribution in [3.63, 3.8) is 0 Å². The minimum Gasteiger partial charge on any atom is -0.300 e. The number of amides is 1. The summed E-state index contributed by atoms with van der Waals surface area (Å²) in [4.78, 5) is 12.5. The first-order valence-electron chi connectivity index (χ1n) is 9.08. The molecule has 1 aliphatic heterocycles. The smallest absolute Gasteiger partial charge is 0.229 e. The van der Waals surface area contributed by atoms with Crippen molar-refractivity contribution >= 4 is 67.4 Å². The maximum atomic E-state index is 12.7. The zero-order valence-electron chi connectivity index (χ0n) is 15.9. The second-order valence-corrected chi connectivity index (χ2v) is 11.7. The molecule has 1 N–H and O–H groups in total. The number of thioether (sulfide) groups is 1. The number of nitrogens with one attached hydrogen (secondary N) is 1. The van der Waals surface area contributed by atoms with Crippen LogP contribution in [0.3, 0.4) is 0 Å². The second-order valence-electron chi connectivity index (χ2n) is 6.64. The summed E-state index contributed by atoms with van der Waals surface area (Å²) in [6, 6.07) is 4.79. The fourth-order valence-corrected chi connectivity index (χ4v) is 6.37. The zero-order chi connectivity index (χ0) is 21.7. The highest BCUT2D eigenvalue weighted by Gasteiger charge is 2.31. The number of halogens is 2. The first kappa shape index (κ1) is 23.5. The number of hydrogen-bond acceptors (Lipinski definition) is 7. The van der Waals surface area contributed by atoms with Crippen LogP contribution in [0, 0.1) is 5.92 Å². The van der Waals surface area contributed by atoms with E-state index in [0.29, 0.717) is 33.6 Å². The van der Waals surface area contributed by atoms with Crippen LogP contribution in [0.5, 0.6) is 0 Å². The summed E-state index contributed by atoms with van der Waals surface area (Å²) in [5.41, 5.74) is 0.575. The summed E-state index contributed by atoms with van der Waals surface area (Å²) in [5.74, 6) is 0.136. The Balaban J connectivity index is 1.53. The molecule has 7 nitrogen and oxygen atoms in total. The number of piperidine rings is 1. The van der Waals surface area contributed by atoms with Crippen LogP contribution in [0.25, 0.3) is 0 Å². The Bertz CT molecular complexity index is 1020. The van der Waals surface area contributed by atoms with Crippen LogP contribution in [0.1, 0.15) is 18.4 Å².